The van der Waals surface area contributed by atoms with Gasteiger partial charge in [-0.25, -0.2) is 19.1 Å². The van der Waals surface area contributed by atoms with Crippen molar-refractivity contribution in [3.8, 4) is 0 Å². The first kappa shape index (κ1) is 12.4. The molecule has 7 nitrogen and oxygen atoms in total. The molecule has 0 aromatic carbocycles. The lowest BCUT2D eigenvalue weighted by Gasteiger charge is -2.19. The van der Waals surface area contributed by atoms with Crippen LogP contribution < -0.4 is 5.32 Å². The minimum atomic E-state index is -0.567. The molecule has 0 radical (unpaired) electrons. The number of ether oxygens (including phenoxy) is 2. The topological polar surface area (TPSA) is 82.5 Å². The Morgan fingerprint density at radius 1 is 1.61 bits per heavy atom. The summed E-state index contributed by atoms with van der Waals surface area (Å²) in [6.45, 7) is 5.70. The number of hydrogen-bond donors (Lipinski definition) is 1. The molecule has 18 heavy (non-hydrogen) atoms. The molecule has 98 valence electrons. The van der Waals surface area contributed by atoms with Gasteiger partial charge in [0.25, 0.3) is 0 Å². The minimum absolute atomic E-state index is 0.351. The lowest BCUT2D eigenvalue weighted by molar-refractivity contribution is 0.0536. The molecular weight excluding hydrogens is 238 g/mol. The Morgan fingerprint density at radius 2 is 2.33 bits per heavy atom. The lowest BCUT2D eigenvalue weighted by atomic mass is 10.2. The maximum absolute atomic E-state index is 11.7. The lowest BCUT2D eigenvalue weighted by Crippen LogP contribution is -2.26. The third-order valence-corrected chi connectivity index (χ3v) is 2.22. The van der Waals surface area contributed by atoms with Crippen LogP contribution in [0.3, 0.4) is 0 Å². The number of aromatic nitrogens is 2. The molecule has 0 saturated carbocycles. The monoisotopic (exact) mass is 253 g/mol. The third-order valence-electron chi connectivity index (χ3n) is 2.22. The zero-order valence-electron chi connectivity index (χ0n) is 10.5. The van der Waals surface area contributed by atoms with Gasteiger partial charge in [0.1, 0.15) is 17.6 Å². The first-order valence-corrected chi connectivity index (χ1v) is 5.57. The van der Waals surface area contributed by atoms with Crippen molar-refractivity contribution >= 4 is 12.2 Å². The Bertz CT molecular complexity index is 475. The normalized spacial score (nSPS) is 19.3. The number of carbonyl (C=O) groups is 2. The summed E-state index contributed by atoms with van der Waals surface area (Å²) in [5.74, 6) is 0. The molecule has 1 amide bonds. The van der Waals surface area contributed by atoms with Crippen LogP contribution in [0.1, 0.15) is 32.6 Å². The Kier molecular flexibility index (Phi) is 2.98. The molecule has 1 aromatic heterocycles. The smallest absolute Gasteiger partial charge is 0.419 e. The van der Waals surface area contributed by atoms with E-state index in [4.69, 9.17) is 9.47 Å². The predicted molar refractivity (Wildman–Crippen MR) is 61.1 cm³/mol. The zero-order valence-corrected chi connectivity index (χ0v) is 10.5. The largest absolute Gasteiger partial charge is 0.443 e. The van der Waals surface area contributed by atoms with Gasteiger partial charge in [-0.1, -0.05) is 0 Å². The molecule has 1 aliphatic heterocycles. The Balaban J connectivity index is 2.06. The maximum atomic E-state index is 11.7. The van der Waals surface area contributed by atoms with E-state index in [-0.39, 0.29) is 0 Å². The van der Waals surface area contributed by atoms with Gasteiger partial charge in [-0.05, 0) is 20.8 Å². The maximum Gasteiger partial charge on any atom is 0.419 e. The van der Waals surface area contributed by atoms with E-state index < -0.39 is 23.9 Å². The average Bonchev–Trinajstić information content (AvgIpc) is 2.82. The molecule has 1 atom stereocenters. The van der Waals surface area contributed by atoms with Crippen LogP contribution in [-0.2, 0) is 9.47 Å². The van der Waals surface area contributed by atoms with Crippen molar-refractivity contribution in [3.05, 3.63) is 18.2 Å². The van der Waals surface area contributed by atoms with Crippen LogP contribution in [0, 0.1) is 0 Å². The number of nitrogens with one attached hydrogen (secondary N) is 1. The number of hydrogen-bond acceptors (Lipinski definition) is 5. The van der Waals surface area contributed by atoms with Crippen molar-refractivity contribution < 1.29 is 19.1 Å². The average molecular weight is 253 g/mol. The molecule has 2 heterocycles. The van der Waals surface area contributed by atoms with E-state index in [9.17, 15) is 9.59 Å². The number of imidazole rings is 1. The molecular formula is C11H15N3O4. The summed E-state index contributed by atoms with van der Waals surface area (Å²) in [5, 5.41) is 2.52. The number of carbonyl (C=O) groups excluding carboxylic acids is 2. The molecule has 1 fully saturated rings. The molecule has 0 spiro atoms. The fourth-order valence-corrected chi connectivity index (χ4v) is 1.47. The Labute approximate surface area is 104 Å². The molecule has 0 bridgehead atoms. The van der Waals surface area contributed by atoms with Crippen molar-refractivity contribution in [2.45, 2.75) is 32.5 Å². The summed E-state index contributed by atoms with van der Waals surface area (Å²) in [6.07, 6.45) is 1.39. The standard InChI is InChI=1S/C11H15N3O4/c1-11(2,3)18-10(16)14-5-7(13-6-14)8-4-12-9(15)17-8/h5-6,8H,4H2,1-3H3,(H,12,15). The first-order valence-electron chi connectivity index (χ1n) is 5.57. The summed E-state index contributed by atoms with van der Waals surface area (Å²) >= 11 is 0. The Morgan fingerprint density at radius 3 is 2.89 bits per heavy atom. The molecule has 1 aliphatic rings. The fraction of sp³-hybridized carbons (Fsp3) is 0.545. The van der Waals surface area contributed by atoms with Crippen LogP contribution in [0.5, 0.6) is 0 Å². The van der Waals surface area contributed by atoms with Crippen molar-refractivity contribution in [2.75, 3.05) is 6.54 Å². The van der Waals surface area contributed by atoms with Gasteiger partial charge in [0.2, 0.25) is 0 Å². The molecule has 7 heteroatoms. The molecule has 1 N–H and O–H groups in total. The van der Waals surface area contributed by atoms with Gasteiger partial charge in [-0.2, -0.15) is 0 Å². The van der Waals surface area contributed by atoms with Crippen LogP contribution in [0.15, 0.2) is 12.5 Å². The van der Waals surface area contributed by atoms with Crippen molar-refractivity contribution in [2.24, 2.45) is 0 Å². The highest BCUT2D eigenvalue weighted by molar-refractivity contribution is 5.71. The van der Waals surface area contributed by atoms with Gasteiger partial charge in [-0.3, -0.25) is 0 Å². The van der Waals surface area contributed by atoms with Crippen molar-refractivity contribution in [1.29, 1.82) is 0 Å². The quantitative estimate of drug-likeness (QED) is 0.819. The molecule has 1 saturated heterocycles. The van der Waals surface area contributed by atoms with E-state index in [1.165, 1.54) is 17.1 Å². The summed E-state index contributed by atoms with van der Waals surface area (Å²) in [4.78, 5) is 26.7. The number of alkyl carbamates (subject to hydrolysis) is 1. The molecule has 2 rings (SSSR count). The van der Waals surface area contributed by atoms with Gasteiger partial charge >= 0.3 is 12.2 Å². The summed E-state index contributed by atoms with van der Waals surface area (Å²) in [5.41, 5.74) is -0.0534. The highest BCUT2D eigenvalue weighted by Gasteiger charge is 2.27. The van der Waals surface area contributed by atoms with E-state index >= 15 is 0 Å². The second kappa shape index (κ2) is 4.32. The number of cyclic esters (lactones) is 1. The van der Waals surface area contributed by atoms with Crippen molar-refractivity contribution in [3.63, 3.8) is 0 Å². The SMILES string of the molecule is CC(C)(C)OC(=O)n1cnc(C2CNC(=O)O2)c1. The number of rotatable bonds is 1. The van der Waals surface area contributed by atoms with Gasteiger partial charge in [0.05, 0.1) is 6.54 Å². The zero-order chi connectivity index (χ0) is 13.3. The van der Waals surface area contributed by atoms with Crippen LogP contribution in [0.25, 0.3) is 0 Å². The van der Waals surface area contributed by atoms with E-state index in [1.807, 2.05) is 0 Å². The van der Waals surface area contributed by atoms with Crippen molar-refractivity contribution in [1.82, 2.24) is 14.9 Å². The number of amides is 1. The van der Waals surface area contributed by atoms with Gasteiger partial charge < -0.3 is 14.8 Å². The second-order valence-electron chi connectivity index (χ2n) is 4.96. The van der Waals surface area contributed by atoms with E-state index in [0.717, 1.165) is 0 Å². The van der Waals surface area contributed by atoms with E-state index in [1.54, 1.807) is 20.8 Å². The van der Waals surface area contributed by atoms with Crippen LogP contribution in [-0.4, -0.2) is 33.9 Å². The molecule has 0 aliphatic carbocycles. The Hall–Kier alpha value is -2.05. The van der Waals surface area contributed by atoms with Gasteiger partial charge in [0, 0.05) is 6.20 Å². The van der Waals surface area contributed by atoms with Gasteiger partial charge in [-0.15, -0.1) is 0 Å². The third kappa shape index (κ3) is 2.79. The van der Waals surface area contributed by atoms with Gasteiger partial charge in [0.15, 0.2) is 6.10 Å². The summed E-state index contributed by atoms with van der Waals surface area (Å²) in [7, 11) is 0. The molecule has 1 aromatic rings. The van der Waals surface area contributed by atoms with E-state index in [0.29, 0.717) is 12.2 Å². The van der Waals surface area contributed by atoms with Crippen LogP contribution >= 0.6 is 0 Å². The second-order valence-corrected chi connectivity index (χ2v) is 4.96. The first-order chi connectivity index (χ1) is 8.35. The highest BCUT2D eigenvalue weighted by atomic mass is 16.6. The van der Waals surface area contributed by atoms with Crippen LogP contribution in [0.4, 0.5) is 9.59 Å². The summed E-state index contributed by atoms with van der Waals surface area (Å²) < 4.78 is 11.4. The highest BCUT2D eigenvalue weighted by Crippen LogP contribution is 2.19. The van der Waals surface area contributed by atoms with Crippen LogP contribution in [0.2, 0.25) is 0 Å². The predicted octanol–water partition coefficient (Wildman–Crippen LogP) is 1.45. The number of nitrogens with zero attached hydrogens (tertiary/aromatic N) is 2. The minimum Gasteiger partial charge on any atom is -0.443 e. The van der Waals surface area contributed by atoms with E-state index in [2.05, 4.69) is 10.3 Å². The fourth-order valence-electron chi connectivity index (χ4n) is 1.47. The summed E-state index contributed by atoms with van der Waals surface area (Å²) in [6, 6.07) is 0. The molecule has 1 unspecified atom stereocenters.